The lowest BCUT2D eigenvalue weighted by molar-refractivity contribution is 0.786. The molecular formula is C50H33N. The van der Waals surface area contributed by atoms with E-state index in [0.29, 0.717) is 6.42 Å². The molecule has 0 amide bonds. The average molecular weight is 648 g/mol. The smallest absolute Gasteiger partial charge is 0.0722 e. The summed E-state index contributed by atoms with van der Waals surface area (Å²) in [4.78, 5) is 2.39. The molecule has 0 fully saturated rings. The first kappa shape index (κ1) is 29.3. The molecule has 51 heavy (non-hydrogen) atoms. The van der Waals surface area contributed by atoms with Crippen molar-refractivity contribution in [3.8, 4) is 45.2 Å². The molecule has 1 spiro atoms. The van der Waals surface area contributed by atoms with Gasteiger partial charge in [-0.1, -0.05) is 151 Å². The molecule has 3 aliphatic carbocycles. The molecule has 238 valence electrons. The van der Waals surface area contributed by atoms with E-state index in [4.69, 9.17) is 0 Å². The molecule has 0 aliphatic heterocycles. The van der Waals surface area contributed by atoms with Gasteiger partial charge in [0.2, 0.25) is 0 Å². The lowest BCUT2D eigenvalue weighted by Crippen LogP contribution is -2.26. The third-order valence-electron chi connectivity index (χ3n) is 10.8. The maximum absolute atomic E-state index is 3.46. The van der Waals surface area contributed by atoms with Gasteiger partial charge < -0.3 is 4.90 Å². The van der Waals surface area contributed by atoms with Gasteiger partial charge in [-0.25, -0.2) is 0 Å². The summed E-state index contributed by atoms with van der Waals surface area (Å²) in [6.45, 7) is 0. The minimum atomic E-state index is -0.389. The minimum absolute atomic E-state index is 0.389. The summed E-state index contributed by atoms with van der Waals surface area (Å²) in [5.41, 5.74) is 18.4. The van der Waals surface area contributed by atoms with Crippen LogP contribution in [0.5, 0.6) is 0 Å². The highest BCUT2D eigenvalue weighted by atomic mass is 15.1. The van der Waals surface area contributed by atoms with E-state index in [1.54, 1.807) is 0 Å². The lowest BCUT2D eigenvalue weighted by Gasteiger charge is -2.32. The molecule has 0 radical (unpaired) electrons. The van der Waals surface area contributed by atoms with Gasteiger partial charge in [0.05, 0.1) is 5.41 Å². The molecule has 0 heterocycles. The molecule has 0 atom stereocenters. The summed E-state index contributed by atoms with van der Waals surface area (Å²) in [5.74, 6) is 6.77. The Labute approximate surface area is 299 Å². The number of rotatable bonds is 5. The van der Waals surface area contributed by atoms with E-state index in [1.165, 1.54) is 66.8 Å². The number of allylic oxidation sites excluding steroid dienone is 4. The van der Waals surface area contributed by atoms with Gasteiger partial charge in [0.1, 0.15) is 0 Å². The molecule has 0 saturated heterocycles. The molecule has 0 N–H and O–H groups in total. The third kappa shape index (κ3) is 4.51. The number of fused-ring (bicyclic) bond motifs is 9. The first-order chi connectivity index (χ1) is 25.3. The summed E-state index contributed by atoms with van der Waals surface area (Å²) in [6, 6.07) is 64.2. The normalized spacial score (nSPS) is 14.2. The minimum Gasteiger partial charge on any atom is -0.310 e. The predicted molar refractivity (Wildman–Crippen MR) is 212 cm³/mol. The van der Waals surface area contributed by atoms with Crippen LogP contribution in [-0.4, -0.2) is 0 Å². The number of hydrogen-bond donors (Lipinski definition) is 0. The van der Waals surface area contributed by atoms with Gasteiger partial charge in [0.25, 0.3) is 0 Å². The van der Waals surface area contributed by atoms with E-state index in [1.807, 2.05) is 0 Å². The van der Waals surface area contributed by atoms with Crippen molar-refractivity contribution in [2.45, 2.75) is 11.8 Å². The van der Waals surface area contributed by atoms with Crippen LogP contribution >= 0.6 is 0 Å². The summed E-state index contributed by atoms with van der Waals surface area (Å²) >= 11 is 0. The molecular weight excluding hydrogens is 615 g/mol. The highest BCUT2D eigenvalue weighted by Crippen LogP contribution is 2.63. The second-order valence-electron chi connectivity index (χ2n) is 13.5. The monoisotopic (exact) mass is 647 g/mol. The zero-order valence-electron chi connectivity index (χ0n) is 28.1. The SMILES string of the molecule is C1#CCC2=C(C=C1)C1(c3ccc(N(c4ccc(-c5ccccc5)cc4)c4ccc(-c5ccccc5)cc4)cc32)c2ccccc2-c2ccccc21. The fraction of sp³-hybridized carbons (Fsp3) is 0.0400. The fourth-order valence-electron chi connectivity index (χ4n) is 8.63. The van der Waals surface area contributed by atoms with Gasteiger partial charge in [-0.05, 0) is 115 Å². The Bertz CT molecular complexity index is 2450. The molecule has 3 aliphatic rings. The van der Waals surface area contributed by atoms with Crippen LogP contribution in [0.3, 0.4) is 0 Å². The Hall–Kier alpha value is -6.62. The zero-order valence-corrected chi connectivity index (χ0v) is 28.1. The fourth-order valence-corrected chi connectivity index (χ4v) is 8.63. The van der Waals surface area contributed by atoms with Gasteiger partial charge in [0, 0.05) is 23.5 Å². The lowest BCUT2D eigenvalue weighted by atomic mass is 9.69. The molecule has 10 rings (SSSR count). The van der Waals surface area contributed by atoms with Crippen molar-refractivity contribution in [3.05, 3.63) is 216 Å². The van der Waals surface area contributed by atoms with Gasteiger partial charge in [-0.2, -0.15) is 0 Å². The molecule has 0 bridgehead atoms. The van der Waals surface area contributed by atoms with E-state index in [-0.39, 0.29) is 5.41 Å². The topological polar surface area (TPSA) is 3.24 Å². The maximum Gasteiger partial charge on any atom is 0.0722 e. The second kappa shape index (κ2) is 11.8. The number of benzene rings is 7. The molecule has 0 saturated carbocycles. The summed E-state index contributed by atoms with van der Waals surface area (Å²) in [7, 11) is 0. The Morgan fingerprint density at radius 2 is 0.902 bits per heavy atom. The number of nitrogens with zero attached hydrogens (tertiary/aromatic N) is 1. The van der Waals surface area contributed by atoms with E-state index < -0.39 is 0 Å². The van der Waals surface area contributed by atoms with E-state index >= 15 is 0 Å². The molecule has 7 aromatic rings. The quantitative estimate of drug-likeness (QED) is 0.168. The van der Waals surface area contributed by atoms with Crippen molar-refractivity contribution in [2.24, 2.45) is 0 Å². The molecule has 1 heteroatoms. The van der Waals surface area contributed by atoms with Crippen molar-refractivity contribution in [1.82, 2.24) is 0 Å². The Morgan fingerprint density at radius 3 is 1.47 bits per heavy atom. The van der Waals surface area contributed by atoms with Crippen LogP contribution in [0.15, 0.2) is 194 Å². The Morgan fingerprint density at radius 1 is 0.431 bits per heavy atom. The highest BCUT2D eigenvalue weighted by molar-refractivity contribution is 5.97. The predicted octanol–water partition coefficient (Wildman–Crippen LogP) is 12.5. The third-order valence-corrected chi connectivity index (χ3v) is 10.8. The molecule has 1 nitrogen and oxygen atoms in total. The van der Waals surface area contributed by atoms with Gasteiger partial charge in [-0.3, -0.25) is 0 Å². The number of hydrogen-bond acceptors (Lipinski definition) is 1. The number of anilines is 3. The van der Waals surface area contributed by atoms with Crippen LogP contribution in [0.25, 0.3) is 39.0 Å². The van der Waals surface area contributed by atoms with Crippen molar-refractivity contribution >= 4 is 22.6 Å². The highest BCUT2D eigenvalue weighted by Gasteiger charge is 2.52. The summed E-state index contributed by atoms with van der Waals surface area (Å²) < 4.78 is 0. The van der Waals surface area contributed by atoms with Crippen LogP contribution in [0.2, 0.25) is 0 Å². The van der Waals surface area contributed by atoms with Crippen LogP contribution in [0.4, 0.5) is 17.1 Å². The Kier molecular flexibility index (Phi) is 6.76. The molecule has 0 aromatic heterocycles. The van der Waals surface area contributed by atoms with Crippen molar-refractivity contribution in [2.75, 3.05) is 4.90 Å². The largest absolute Gasteiger partial charge is 0.310 e. The van der Waals surface area contributed by atoms with Gasteiger partial charge in [0.15, 0.2) is 0 Å². The van der Waals surface area contributed by atoms with Crippen LogP contribution in [-0.2, 0) is 5.41 Å². The molecule has 0 unspecified atom stereocenters. The van der Waals surface area contributed by atoms with Gasteiger partial charge >= 0.3 is 0 Å². The standard InChI is InChI=1S/C50H33N/c1-4-14-35(15-5-1)37-24-28-39(29-25-37)51(40-30-26-38(27-31-40)36-16-6-2-7-17-36)41-32-33-49-45(34-41)44-18-8-3-9-21-48(44)50(49)46-22-12-10-19-42(46)43-20-11-13-23-47(43)50/h1-2,4-7,9-17,19-34H,18H2. The average Bonchev–Trinajstić information content (AvgIpc) is 3.50. The maximum atomic E-state index is 3.46. The van der Waals surface area contributed by atoms with E-state index in [0.717, 1.165) is 17.1 Å². The van der Waals surface area contributed by atoms with Crippen molar-refractivity contribution in [1.29, 1.82) is 0 Å². The first-order valence-corrected chi connectivity index (χ1v) is 17.6. The summed E-state index contributed by atoms with van der Waals surface area (Å²) in [6.07, 6.45) is 5.05. The van der Waals surface area contributed by atoms with E-state index in [9.17, 15) is 0 Å². The van der Waals surface area contributed by atoms with Gasteiger partial charge in [-0.15, -0.1) is 0 Å². The zero-order chi connectivity index (χ0) is 33.8. The first-order valence-electron chi connectivity index (χ1n) is 17.6. The van der Waals surface area contributed by atoms with Crippen LogP contribution < -0.4 is 4.90 Å². The van der Waals surface area contributed by atoms with Crippen molar-refractivity contribution in [3.63, 3.8) is 0 Å². The van der Waals surface area contributed by atoms with Crippen LogP contribution in [0.1, 0.15) is 28.7 Å². The second-order valence-corrected chi connectivity index (χ2v) is 13.5. The Balaban J connectivity index is 1.16. The van der Waals surface area contributed by atoms with Crippen LogP contribution in [0, 0.1) is 11.8 Å². The summed E-state index contributed by atoms with van der Waals surface area (Å²) in [5, 5.41) is 0. The van der Waals surface area contributed by atoms with Crippen molar-refractivity contribution < 1.29 is 0 Å². The molecule has 7 aromatic carbocycles. The van der Waals surface area contributed by atoms with E-state index in [2.05, 4.69) is 205 Å².